The maximum Gasteiger partial charge on any atom is 0.274 e. The minimum Gasteiger partial charge on any atom is -0.467 e. The number of amides is 1. The number of piperidine rings is 2. The highest BCUT2D eigenvalue weighted by atomic mass is 32.2. The lowest BCUT2D eigenvalue weighted by atomic mass is 10.0. The van der Waals surface area contributed by atoms with Crippen LogP contribution in [0.1, 0.15) is 48.5 Å². The van der Waals surface area contributed by atoms with Gasteiger partial charge in [0, 0.05) is 44.6 Å². The molecular formula is C26H31N3O4S2. The number of hydrogen-bond donors (Lipinski definition) is 0. The number of para-hydroxylation sites is 1. The van der Waals surface area contributed by atoms with Gasteiger partial charge in [-0.25, -0.2) is 13.4 Å². The standard InChI is InChI=1S/C26H31N3O4S2/c1-18-5-4-14-29(17-18)35(31,32)22-10-8-20(9-11-22)25(30)28-15-12-21(13-16-28)33-26-27-24-19(2)6-3-7-23(24)34-26/h3,6-11,18,21H,4-5,12-17H2,1-2H3. The van der Waals surface area contributed by atoms with E-state index in [1.165, 1.54) is 0 Å². The van der Waals surface area contributed by atoms with Crippen molar-refractivity contribution >= 4 is 37.5 Å². The third-order valence-corrected chi connectivity index (χ3v) is 9.75. The van der Waals surface area contributed by atoms with Crippen molar-refractivity contribution in [3.8, 4) is 5.19 Å². The molecule has 0 bridgehead atoms. The van der Waals surface area contributed by atoms with Crippen molar-refractivity contribution in [2.45, 2.75) is 50.5 Å². The molecule has 0 aliphatic carbocycles. The van der Waals surface area contributed by atoms with Crippen molar-refractivity contribution in [3.05, 3.63) is 53.6 Å². The zero-order valence-corrected chi connectivity index (χ0v) is 21.8. The molecule has 2 saturated heterocycles. The molecule has 2 aliphatic heterocycles. The fraction of sp³-hybridized carbons (Fsp3) is 0.462. The van der Waals surface area contributed by atoms with E-state index in [1.54, 1.807) is 39.9 Å². The first-order chi connectivity index (χ1) is 16.8. The molecule has 1 atom stereocenters. The quantitative estimate of drug-likeness (QED) is 0.494. The Morgan fingerprint density at radius 3 is 2.49 bits per heavy atom. The van der Waals surface area contributed by atoms with Gasteiger partial charge in [0.05, 0.1) is 15.1 Å². The van der Waals surface area contributed by atoms with E-state index < -0.39 is 10.0 Å². The van der Waals surface area contributed by atoms with Crippen LogP contribution in [0.3, 0.4) is 0 Å². The Morgan fingerprint density at radius 2 is 1.80 bits per heavy atom. The van der Waals surface area contributed by atoms with Gasteiger partial charge in [-0.3, -0.25) is 4.79 Å². The second-order valence-electron chi connectivity index (χ2n) is 9.65. The average molecular weight is 514 g/mol. The van der Waals surface area contributed by atoms with Gasteiger partial charge in [-0.15, -0.1) is 0 Å². The molecule has 3 aromatic rings. The average Bonchev–Trinajstić information content (AvgIpc) is 3.28. The van der Waals surface area contributed by atoms with Crippen molar-refractivity contribution in [2.24, 2.45) is 5.92 Å². The lowest BCUT2D eigenvalue weighted by molar-refractivity contribution is 0.0595. The minimum atomic E-state index is -3.52. The van der Waals surface area contributed by atoms with Gasteiger partial charge in [0.2, 0.25) is 10.0 Å². The number of nitrogens with zero attached hydrogens (tertiary/aromatic N) is 3. The van der Waals surface area contributed by atoms with Gasteiger partial charge in [-0.1, -0.05) is 30.4 Å². The predicted molar refractivity (Wildman–Crippen MR) is 138 cm³/mol. The molecule has 0 spiro atoms. The molecule has 2 aliphatic rings. The van der Waals surface area contributed by atoms with Gasteiger partial charge in [-0.05, 0) is 61.6 Å². The summed E-state index contributed by atoms with van der Waals surface area (Å²) >= 11 is 1.56. The van der Waals surface area contributed by atoms with E-state index in [4.69, 9.17) is 4.74 Å². The van der Waals surface area contributed by atoms with Crippen molar-refractivity contribution in [3.63, 3.8) is 0 Å². The Labute approximate surface area is 210 Å². The molecule has 1 unspecified atom stereocenters. The summed E-state index contributed by atoms with van der Waals surface area (Å²) in [6.07, 6.45) is 3.44. The Balaban J connectivity index is 1.18. The van der Waals surface area contributed by atoms with Crippen LogP contribution in [0.2, 0.25) is 0 Å². The monoisotopic (exact) mass is 513 g/mol. The van der Waals surface area contributed by atoms with E-state index in [0.717, 1.165) is 41.5 Å². The second kappa shape index (κ2) is 9.87. The first-order valence-corrected chi connectivity index (χ1v) is 14.5. The number of sulfonamides is 1. The van der Waals surface area contributed by atoms with Gasteiger partial charge in [-0.2, -0.15) is 4.31 Å². The van der Waals surface area contributed by atoms with Crippen LogP contribution in [-0.2, 0) is 10.0 Å². The Kier molecular flexibility index (Phi) is 6.83. The van der Waals surface area contributed by atoms with Crippen LogP contribution in [0.25, 0.3) is 10.2 Å². The minimum absolute atomic E-state index is 0.0272. The Hall–Kier alpha value is -2.49. The molecule has 186 valence electrons. The molecule has 0 saturated carbocycles. The normalized spacial score (nSPS) is 20.3. The number of fused-ring (bicyclic) bond motifs is 1. The number of thiazole rings is 1. The van der Waals surface area contributed by atoms with Crippen LogP contribution in [0.15, 0.2) is 47.4 Å². The van der Waals surface area contributed by atoms with Crippen LogP contribution >= 0.6 is 11.3 Å². The van der Waals surface area contributed by atoms with Crippen LogP contribution in [0, 0.1) is 12.8 Å². The molecule has 9 heteroatoms. The zero-order valence-electron chi connectivity index (χ0n) is 20.1. The number of aryl methyl sites for hydroxylation is 1. The summed E-state index contributed by atoms with van der Waals surface area (Å²) in [5, 5.41) is 0.680. The lowest BCUT2D eigenvalue weighted by Crippen LogP contribution is -2.41. The maximum atomic E-state index is 13.0. The van der Waals surface area contributed by atoms with Crippen molar-refractivity contribution < 1.29 is 17.9 Å². The van der Waals surface area contributed by atoms with Gasteiger partial charge in [0.15, 0.2) is 0 Å². The fourth-order valence-electron chi connectivity index (χ4n) is 4.90. The van der Waals surface area contributed by atoms with Crippen LogP contribution in [0.4, 0.5) is 0 Å². The van der Waals surface area contributed by atoms with Crippen molar-refractivity contribution in [2.75, 3.05) is 26.2 Å². The SMILES string of the molecule is Cc1cccc2sc(OC3CCN(C(=O)c4ccc(S(=O)(=O)N5CCCC(C)C5)cc4)CC3)nc12. The number of ether oxygens (including phenoxy) is 1. The van der Waals surface area contributed by atoms with E-state index in [1.807, 2.05) is 24.0 Å². The van der Waals surface area contributed by atoms with E-state index >= 15 is 0 Å². The highest BCUT2D eigenvalue weighted by Gasteiger charge is 2.30. The third kappa shape index (κ3) is 5.08. The molecule has 7 nitrogen and oxygen atoms in total. The molecule has 0 radical (unpaired) electrons. The van der Waals surface area contributed by atoms with E-state index in [9.17, 15) is 13.2 Å². The summed E-state index contributed by atoms with van der Waals surface area (Å²) in [5.74, 6) is 0.291. The highest BCUT2D eigenvalue weighted by molar-refractivity contribution is 7.89. The molecule has 2 aromatic carbocycles. The molecule has 35 heavy (non-hydrogen) atoms. The number of rotatable bonds is 5. The van der Waals surface area contributed by atoms with E-state index in [-0.39, 0.29) is 16.9 Å². The largest absolute Gasteiger partial charge is 0.467 e. The Bertz CT molecular complexity index is 1310. The summed E-state index contributed by atoms with van der Waals surface area (Å²) in [6.45, 7) is 6.43. The van der Waals surface area contributed by atoms with Gasteiger partial charge < -0.3 is 9.64 Å². The van der Waals surface area contributed by atoms with Gasteiger partial charge in [0.1, 0.15) is 6.10 Å². The summed E-state index contributed by atoms with van der Waals surface area (Å²) < 4.78 is 34.8. The van der Waals surface area contributed by atoms with E-state index in [0.29, 0.717) is 42.9 Å². The topological polar surface area (TPSA) is 79.8 Å². The van der Waals surface area contributed by atoms with Gasteiger partial charge >= 0.3 is 0 Å². The summed E-state index contributed by atoms with van der Waals surface area (Å²) in [6, 6.07) is 12.5. The van der Waals surface area contributed by atoms with Crippen LogP contribution in [0.5, 0.6) is 5.19 Å². The molecular weight excluding hydrogens is 482 g/mol. The fourth-order valence-corrected chi connectivity index (χ4v) is 7.46. The molecule has 3 heterocycles. The van der Waals surface area contributed by atoms with Crippen molar-refractivity contribution in [1.82, 2.24) is 14.2 Å². The number of carbonyl (C=O) groups is 1. The number of carbonyl (C=O) groups excluding carboxylic acids is 1. The number of likely N-dealkylation sites (tertiary alicyclic amines) is 1. The summed E-state index contributed by atoms with van der Waals surface area (Å²) in [5.41, 5.74) is 2.63. The van der Waals surface area contributed by atoms with Crippen LogP contribution < -0.4 is 4.74 Å². The molecule has 1 aromatic heterocycles. The third-order valence-electron chi connectivity index (χ3n) is 6.96. The van der Waals surface area contributed by atoms with Gasteiger partial charge in [0.25, 0.3) is 11.1 Å². The lowest BCUT2D eigenvalue weighted by Gasteiger charge is -2.32. The first-order valence-electron chi connectivity index (χ1n) is 12.2. The molecule has 0 N–H and O–H groups in total. The first kappa shape index (κ1) is 24.2. The smallest absolute Gasteiger partial charge is 0.274 e. The Morgan fingerprint density at radius 1 is 1.06 bits per heavy atom. The van der Waals surface area contributed by atoms with Crippen LogP contribution in [-0.4, -0.2) is 60.8 Å². The number of aromatic nitrogens is 1. The highest BCUT2D eigenvalue weighted by Crippen LogP contribution is 2.31. The number of hydrogen-bond acceptors (Lipinski definition) is 6. The maximum absolute atomic E-state index is 13.0. The van der Waals surface area contributed by atoms with E-state index in [2.05, 4.69) is 18.0 Å². The predicted octanol–water partition coefficient (Wildman–Crippen LogP) is 4.71. The van der Waals surface area contributed by atoms with Crippen molar-refractivity contribution in [1.29, 1.82) is 0 Å². The molecule has 2 fully saturated rings. The molecule has 5 rings (SSSR count). The number of benzene rings is 2. The molecule has 1 amide bonds. The summed E-state index contributed by atoms with van der Waals surface area (Å²) in [7, 11) is -3.52. The second-order valence-corrected chi connectivity index (χ2v) is 12.6. The zero-order chi connectivity index (χ0) is 24.6. The summed E-state index contributed by atoms with van der Waals surface area (Å²) in [4.78, 5) is 19.7.